The molecule has 9 heteroatoms. The molecule has 1 amide bonds. The van der Waals surface area contributed by atoms with Crippen LogP contribution in [0.3, 0.4) is 0 Å². The lowest BCUT2D eigenvalue weighted by atomic mass is 10.1. The third-order valence-electron chi connectivity index (χ3n) is 3.57. The molecule has 1 aromatic carbocycles. The molecular weight excluding hydrogens is 341 g/mol. The minimum Gasteiger partial charge on any atom is -0.349 e. The summed E-state index contributed by atoms with van der Waals surface area (Å²) in [5, 5.41) is 2.57. The summed E-state index contributed by atoms with van der Waals surface area (Å²) in [5.74, 6) is -0.882. The van der Waals surface area contributed by atoms with Crippen LogP contribution in [0.4, 0.5) is 4.39 Å². The van der Waals surface area contributed by atoms with Crippen molar-refractivity contribution in [3.05, 3.63) is 81.3 Å². The number of nitrogens with one attached hydrogen (secondary N) is 2. The first-order chi connectivity index (χ1) is 12.5. The number of aromatic nitrogens is 4. The molecule has 0 aliphatic heterocycles. The Labute approximate surface area is 146 Å². The molecule has 0 aliphatic rings. The van der Waals surface area contributed by atoms with E-state index in [1.807, 2.05) is 0 Å². The molecule has 3 rings (SSSR count). The van der Waals surface area contributed by atoms with Crippen LogP contribution < -0.4 is 16.4 Å². The maximum atomic E-state index is 13.0. The number of H-pyrrole nitrogens is 1. The Morgan fingerprint density at radius 3 is 2.62 bits per heavy atom. The van der Waals surface area contributed by atoms with Crippen molar-refractivity contribution < 1.29 is 9.18 Å². The smallest absolute Gasteiger partial charge is 0.270 e. The first-order valence-corrected chi connectivity index (χ1v) is 7.68. The van der Waals surface area contributed by atoms with E-state index in [2.05, 4.69) is 20.3 Å². The zero-order valence-corrected chi connectivity index (χ0v) is 13.5. The van der Waals surface area contributed by atoms with Gasteiger partial charge in [0.1, 0.15) is 11.5 Å². The van der Waals surface area contributed by atoms with Crippen molar-refractivity contribution in [2.75, 3.05) is 6.54 Å². The average Bonchev–Trinajstić information content (AvgIpc) is 2.63. The highest BCUT2D eigenvalue weighted by Gasteiger charge is 2.08. The summed E-state index contributed by atoms with van der Waals surface area (Å²) >= 11 is 0. The van der Waals surface area contributed by atoms with E-state index in [1.54, 1.807) is 0 Å². The molecule has 8 nitrogen and oxygen atoms in total. The Morgan fingerprint density at radius 2 is 1.92 bits per heavy atom. The van der Waals surface area contributed by atoms with Crippen molar-refractivity contribution in [1.82, 2.24) is 24.8 Å². The lowest BCUT2D eigenvalue weighted by Crippen LogP contribution is -2.31. The normalized spacial score (nSPS) is 10.5. The van der Waals surface area contributed by atoms with Crippen LogP contribution in [0.25, 0.3) is 11.3 Å². The second kappa shape index (κ2) is 7.51. The third kappa shape index (κ3) is 4.07. The Balaban J connectivity index is 1.63. The molecule has 0 atom stereocenters. The average molecular weight is 355 g/mol. The summed E-state index contributed by atoms with van der Waals surface area (Å²) in [6.45, 7) is 0.356. The fourth-order valence-corrected chi connectivity index (χ4v) is 2.25. The van der Waals surface area contributed by atoms with Gasteiger partial charge in [0.05, 0.1) is 18.3 Å². The summed E-state index contributed by atoms with van der Waals surface area (Å²) in [7, 11) is 0. The molecule has 0 unspecified atom stereocenters. The predicted molar refractivity (Wildman–Crippen MR) is 91.1 cm³/mol. The van der Waals surface area contributed by atoms with Crippen molar-refractivity contribution in [2.45, 2.75) is 6.54 Å². The van der Waals surface area contributed by atoms with Crippen molar-refractivity contribution >= 4 is 5.91 Å². The second-order valence-electron chi connectivity index (χ2n) is 5.36. The van der Waals surface area contributed by atoms with E-state index in [0.29, 0.717) is 11.3 Å². The highest BCUT2D eigenvalue weighted by molar-refractivity contribution is 5.91. The maximum absolute atomic E-state index is 13.0. The number of amides is 1. The van der Waals surface area contributed by atoms with E-state index in [1.165, 1.54) is 41.2 Å². The van der Waals surface area contributed by atoms with E-state index in [4.69, 9.17) is 0 Å². The van der Waals surface area contributed by atoms with Crippen molar-refractivity contribution in [3.8, 4) is 11.3 Å². The van der Waals surface area contributed by atoms with Crippen LogP contribution in [0.5, 0.6) is 0 Å². The summed E-state index contributed by atoms with van der Waals surface area (Å²) in [6, 6.07) is 8.09. The second-order valence-corrected chi connectivity index (χ2v) is 5.36. The topological polar surface area (TPSA) is 110 Å². The molecule has 0 fully saturated rings. The standard InChI is InChI=1S/C17H14FN5O3/c18-12-3-1-11(2-4-12)13-8-16(25)23(10-22-13)6-5-19-17(26)14-7-15(24)21-9-20-14/h1-4,7-10H,5-6H2,(H,19,26)(H,20,21,24). The Kier molecular flexibility index (Phi) is 4.97. The largest absolute Gasteiger partial charge is 0.349 e. The monoisotopic (exact) mass is 355 g/mol. The van der Waals surface area contributed by atoms with E-state index in [-0.39, 0.29) is 30.2 Å². The summed E-state index contributed by atoms with van der Waals surface area (Å²) in [6.07, 6.45) is 2.50. The van der Waals surface area contributed by atoms with Crippen LogP contribution in [-0.4, -0.2) is 32.0 Å². The van der Waals surface area contributed by atoms with Crippen LogP contribution in [-0.2, 0) is 6.54 Å². The van der Waals surface area contributed by atoms with Crippen LogP contribution in [0, 0.1) is 5.82 Å². The van der Waals surface area contributed by atoms with Crippen LogP contribution in [0.1, 0.15) is 10.5 Å². The Bertz CT molecular complexity index is 1040. The molecule has 2 N–H and O–H groups in total. The quantitative estimate of drug-likeness (QED) is 0.695. The van der Waals surface area contributed by atoms with Crippen molar-refractivity contribution in [1.29, 1.82) is 0 Å². The van der Waals surface area contributed by atoms with Gasteiger partial charge >= 0.3 is 0 Å². The lowest BCUT2D eigenvalue weighted by Gasteiger charge is -2.08. The molecule has 0 radical (unpaired) electrons. The van der Waals surface area contributed by atoms with E-state index in [9.17, 15) is 18.8 Å². The minimum atomic E-state index is -0.514. The molecule has 2 heterocycles. The van der Waals surface area contributed by atoms with Gasteiger partial charge in [-0.2, -0.15) is 0 Å². The first kappa shape index (κ1) is 17.2. The van der Waals surface area contributed by atoms with Gasteiger partial charge in [-0.1, -0.05) is 0 Å². The number of rotatable bonds is 5. The van der Waals surface area contributed by atoms with Crippen molar-refractivity contribution in [3.63, 3.8) is 0 Å². The highest BCUT2D eigenvalue weighted by Crippen LogP contribution is 2.14. The minimum absolute atomic E-state index is 0.00844. The van der Waals surface area contributed by atoms with Gasteiger partial charge in [-0.05, 0) is 24.3 Å². The zero-order valence-electron chi connectivity index (χ0n) is 13.5. The SMILES string of the molecule is O=C(NCCn1cnc(-c2ccc(F)cc2)cc1=O)c1cc(=O)[nH]cn1. The summed E-state index contributed by atoms with van der Waals surface area (Å²) in [4.78, 5) is 45.4. The van der Waals surface area contributed by atoms with Gasteiger partial charge in [-0.25, -0.2) is 14.4 Å². The predicted octanol–water partition coefficient (Wildman–Crippen LogP) is 0.563. The van der Waals surface area contributed by atoms with Gasteiger partial charge in [-0.15, -0.1) is 0 Å². The van der Waals surface area contributed by atoms with Gasteiger partial charge in [0.2, 0.25) is 0 Å². The molecule has 0 saturated heterocycles. The number of hydrogen-bond acceptors (Lipinski definition) is 5. The number of halogens is 1. The van der Waals surface area contributed by atoms with E-state index >= 15 is 0 Å². The summed E-state index contributed by atoms with van der Waals surface area (Å²) in [5.41, 5.74) is 0.322. The number of nitrogens with zero attached hydrogens (tertiary/aromatic N) is 3. The molecule has 0 spiro atoms. The van der Waals surface area contributed by atoms with Crippen LogP contribution in [0.15, 0.2) is 58.6 Å². The molecular formula is C17H14FN5O3. The Morgan fingerprint density at radius 1 is 1.15 bits per heavy atom. The van der Waals surface area contributed by atoms with E-state index < -0.39 is 11.5 Å². The third-order valence-corrected chi connectivity index (χ3v) is 3.57. The van der Waals surface area contributed by atoms with Gasteiger partial charge in [0.25, 0.3) is 17.0 Å². The van der Waals surface area contributed by atoms with Gasteiger partial charge in [0, 0.05) is 30.8 Å². The van der Waals surface area contributed by atoms with Gasteiger partial charge in [-0.3, -0.25) is 19.0 Å². The molecule has 132 valence electrons. The molecule has 0 bridgehead atoms. The van der Waals surface area contributed by atoms with Crippen molar-refractivity contribution in [2.24, 2.45) is 0 Å². The number of benzene rings is 1. The number of carbonyl (C=O) groups excluding carboxylic acids is 1. The molecule has 26 heavy (non-hydrogen) atoms. The van der Waals surface area contributed by atoms with Crippen LogP contribution >= 0.6 is 0 Å². The fraction of sp³-hybridized carbons (Fsp3) is 0.118. The highest BCUT2D eigenvalue weighted by atomic mass is 19.1. The first-order valence-electron chi connectivity index (χ1n) is 7.68. The number of carbonyl (C=O) groups is 1. The summed E-state index contributed by atoms with van der Waals surface area (Å²) < 4.78 is 14.3. The maximum Gasteiger partial charge on any atom is 0.270 e. The molecule has 3 aromatic rings. The number of hydrogen-bond donors (Lipinski definition) is 2. The Hall–Kier alpha value is -3.62. The molecule has 0 aliphatic carbocycles. The lowest BCUT2D eigenvalue weighted by molar-refractivity contribution is 0.0947. The molecule has 2 aromatic heterocycles. The van der Waals surface area contributed by atoms with Crippen LogP contribution in [0.2, 0.25) is 0 Å². The number of aromatic amines is 1. The molecule has 0 saturated carbocycles. The van der Waals surface area contributed by atoms with Gasteiger partial charge < -0.3 is 10.3 Å². The zero-order chi connectivity index (χ0) is 18.5. The van der Waals surface area contributed by atoms with E-state index in [0.717, 1.165) is 12.4 Å². The van der Waals surface area contributed by atoms with Gasteiger partial charge in [0.15, 0.2) is 0 Å². The fourth-order valence-electron chi connectivity index (χ4n) is 2.25.